The molecule has 2 aromatic heterocycles. The van der Waals surface area contributed by atoms with Crippen LogP contribution in [0.2, 0.25) is 0 Å². The van der Waals surface area contributed by atoms with Crippen molar-refractivity contribution >= 4 is 21.9 Å². The van der Waals surface area contributed by atoms with Crippen LogP contribution in [0.1, 0.15) is 58.3 Å². The van der Waals surface area contributed by atoms with E-state index in [9.17, 15) is 0 Å². The zero-order chi connectivity index (χ0) is 18.0. The lowest BCUT2D eigenvalue weighted by molar-refractivity contribution is 0.127. The van der Waals surface area contributed by atoms with Crippen molar-refractivity contribution < 1.29 is 4.74 Å². The Morgan fingerprint density at radius 2 is 1.62 bits per heavy atom. The first kappa shape index (κ1) is 18.8. The fraction of sp³-hybridized carbons (Fsp3) is 0.545. The Morgan fingerprint density at radius 1 is 0.846 bits per heavy atom. The van der Waals surface area contributed by atoms with Crippen molar-refractivity contribution in [2.24, 2.45) is 0 Å². The predicted octanol–water partition coefficient (Wildman–Crippen LogP) is 5.74. The molecule has 0 spiro atoms. The molecule has 140 valence electrons. The van der Waals surface area contributed by atoms with Gasteiger partial charge in [0.05, 0.1) is 23.6 Å². The molecule has 0 N–H and O–H groups in total. The van der Waals surface area contributed by atoms with Crippen LogP contribution in [0, 0.1) is 0 Å². The van der Waals surface area contributed by atoms with E-state index in [2.05, 4.69) is 39.7 Å². The van der Waals surface area contributed by atoms with Crippen molar-refractivity contribution in [2.75, 3.05) is 13.2 Å². The zero-order valence-electron chi connectivity index (χ0n) is 16.0. The molecule has 0 aliphatic rings. The maximum absolute atomic E-state index is 5.61. The molecule has 3 aromatic rings. The molecule has 26 heavy (non-hydrogen) atoms. The van der Waals surface area contributed by atoms with E-state index in [0.29, 0.717) is 0 Å². The number of benzene rings is 1. The Kier molecular flexibility index (Phi) is 7.44. The number of nitrogens with zero attached hydrogens (tertiary/aromatic N) is 3. The van der Waals surface area contributed by atoms with Gasteiger partial charge in [0.25, 0.3) is 0 Å². The van der Waals surface area contributed by atoms with Gasteiger partial charge in [-0.1, -0.05) is 57.2 Å². The molecule has 0 saturated carbocycles. The summed E-state index contributed by atoms with van der Waals surface area (Å²) in [5, 5.41) is 1.20. The molecular weight excluding hydrogens is 322 g/mol. The molecule has 4 nitrogen and oxygen atoms in total. The van der Waals surface area contributed by atoms with Gasteiger partial charge in [-0.25, -0.2) is 4.98 Å². The molecule has 0 bridgehead atoms. The minimum absolute atomic E-state index is 0.930. The fourth-order valence-electron chi connectivity index (χ4n) is 3.41. The highest BCUT2D eigenvalue weighted by Gasteiger charge is 2.07. The number of aromatic nitrogens is 3. The standard InChI is InChI=1S/C22H31N3O/c1-2-3-15-26-16-11-7-5-4-6-10-14-25-18-24-21-17-23-20-13-9-8-12-19(20)22(21)25/h8-9,12-13,17-18H,2-7,10-11,14-16H2,1H3. The molecule has 3 rings (SSSR count). The molecule has 0 aliphatic carbocycles. The van der Waals surface area contributed by atoms with Gasteiger partial charge in [-0.2, -0.15) is 0 Å². The number of aryl methyl sites for hydroxylation is 1. The van der Waals surface area contributed by atoms with Gasteiger partial charge in [-0.3, -0.25) is 4.98 Å². The number of hydrogen-bond donors (Lipinski definition) is 0. The normalized spacial score (nSPS) is 11.6. The Labute approximate surface area is 156 Å². The lowest BCUT2D eigenvalue weighted by atomic mass is 10.1. The average molecular weight is 354 g/mol. The smallest absolute Gasteiger partial charge is 0.107 e. The largest absolute Gasteiger partial charge is 0.381 e. The molecule has 0 amide bonds. The minimum atomic E-state index is 0.930. The number of fused-ring (bicyclic) bond motifs is 3. The Bertz CT molecular complexity index is 796. The van der Waals surface area contributed by atoms with E-state index >= 15 is 0 Å². The fourth-order valence-corrected chi connectivity index (χ4v) is 3.41. The molecule has 2 heterocycles. The monoisotopic (exact) mass is 353 g/mol. The summed E-state index contributed by atoms with van der Waals surface area (Å²) in [7, 11) is 0. The van der Waals surface area contributed by atoms with Gasteiger partial charge in [-0.05, 0) is 25.3 Å². The zero-order valence-corrected chi connectivity index (χ0v) is 16.0. The van der Waals surface area contributed by atoms with E-state index in [4.69, 9.17) is 4.74 Å². The number of rotatable bonds is 12. The second-order valence-corrected chi connectivity index (χ2v) is 7.03. The second-order valence-electron chi connectivity index (χ2n) is 7.03. The third kappa shape index (κ3) is 5.04. The van der Waals surface area contributed by atoms with Crippen molar-refractivity contribution in [3.05, 3.63) is 36.8 Å². The third-order valence-electron chi connectivity index (χ3n) is 4.93. The summed E-state index contributed by atoms with van der Waals surface area (Å²) in [5.41, 5.74) is 3.26. The van der Waals surface area contributed by atoms with E-state index < -0.39 is 0 Å². The van der Waals surface area contributed by atoms with E-state index in [1.165, 1.54) is 62.3 Å². The highest BCUT2D eigenvalue weighted by molar-refractivity contribution is 6.01. The van der Waals surface area contributed by atoms with E-state index in [-0.39, 0.29) is 0 Å². The molecule has 0 radical (unpaired) electrons. The van der Waals surface area contributed by atoms with Crippen LogP contribution in [0.3, 0.4) is 0 Å². The summed E-state index contributed by atoms with van der Waals surface area (Å²) in [6.07, 6.45) is 13.9. The van der Waals surface area contributed by atoms with Crippen molar-refractivity contribution in [1.82, 2.24) is 14.5 Å². The van der Waals surface area contributed by atoms with Gasteiger partial charge in [0.2, 0.25) is 0 Å². The number of ether oxygens (including phenoxy) is 1. The van der Waals surface area contributed by atoms with Gasteiger partial charge in [0.15, 0.2) is 0 Å². The number of pyridine rings is 1. The van der Waals surface area contributed by atoms with Crippen molar-refractivity contribution in [3.8, 4) is 0 Å². The first-order chi connectivity index (χ1) is 12.9. The number of hydrogen-bond acceptors (Lipinski definition) is 3. The van der Waals surface area contributed by atoms with Gasteiger partial charge in [0, 0.05) is 25.1 Å². The first-order valence-corrected chi connectivity index (χ1v) is 10.2. The number of imidazole rings is 1. The van der Waals surface area contributed by atoms with Gasteiger partial charge < -0.3 is 9.30 Å². The summed E-state index contributed by atoms with van der Waals surface area (Å²) in [4.78, 5) is 9.02. The van der Waals surface area contributed by atoms with Crippen LogP contribution in [0.4, 0.5) is 0 Å². The molecule has 1 aromatic carbocycles. The predicted molar refractivity (Wildman–Crippen MR) is 108 cm³/mol. The third-order valence-corrected chi connectivity index (χ3v) is 4.93. The number of para-hydroxylation sites is 1. The summed E-state index contributed by atoms with van der Waals surface area (Å²) in [6.45, 7) is 5.10. The van der Waals surface area contributed by atoms with E-state index in [1.54, 1.807) is 0 Å². The summed E-state index contributed by atoms with van der Waals surface area (Å²) in [6, 6.07) is 8.33. The van der Waals surface area contributed by atoms with Crippen molar-refractivity contribution in [3.63, 3.8) is 0 Å². The Hall–Kier alpha value is -1.94. The quantitative estimate of drug-likeness (QED) is 0.390. The van der Waals surface area contributed by atoms with Crippen LogP contribution >= 0.6 is 0 Å². The van der Waals surface area contributed by atoms with Gasteiger partial charge in [0.1, 0.15) is 5.52 Å². The highest BCUT2D eigenvalue weighted by atomic mass is 16.5. The van der Waals surface area contributed by atoms with Crippen LogP contribution in [-0.2, 0) is 11.3 Å². The maximum Gasteiger partial charge on any atom is 0.107 e. The molecule has 0 aliphatic heterocycles. The highest BCUT2D eigenvalue weighted by Crippen LogP contribution is 2.23. The van der Waals surface area contributed by atoms with E-state index in [1.807, 2.05) is 18.6 Å². The number of unbranched alkanes of at least 4 members (excludes halogenated alkanes) is 6. The van der Waals surface area contributed by atoms with Crippen LogP contribution in [0.5, 0.6) is 0 Å². The van der Waals surface area contributed by atoms with Crippen molar-refractivity contribution in [1.29, 1.82) is 0 Å². The first-order valence-electron chi connectivity index (χ1n) is 10.2. The molecule has 0 atom stereocenters. The van der Waals surface area contributed by atoms with Gasteiger partial charge >= 0.3 is 0 Å². The SMILES string of the molecule is CCCCOCCCCCCCCn1cnc2cnc3ccccc3c21. The van der Waals surface area contributed by atoms with Crippen LogP contribution < -0.4 is 0 Å². The summed E-state index contributed by atoms with van der Waals surface area (Å²) in [5.74, 6) is 0. The molecule has 0 unspecified atom stereocenters. The van der Waals surface area contributed by atoms with Crippen LogP contribution in [0.15, 0.2) is 36.8 Å². The lowest BCUT2D eigenvalue weighted by Crippen LogP contribution is -1.98. The van der Waals surface area contributed by atoms with Crippen LogP contribution in [0.25, 0.3) is 21.9 Å². The topological polar surface area (TPSA) is 39.9 Å². The van der Waals surface area contributed by atoms with Crippen LogP contribution in [-0.4, -0.2) is 27.7 Å². The molecule has 0 fully saturated rings. The lowest BCUT2D eigenvalue weighted by Gasteiger charge is -2.07. The van der Waals surface area contributed by atoms with Crippen molar-refractivity contribution in [2.45, 2.75) is 64.8 Å². The Morgan fingerprint density at radius 3 is 2.50 bits per heavy atom. The Balaban J connectivity index is 1.39. The average Bonchev–Trinajstić information content (AvgIpc) is 3.10. The second kappa shape index (κ2) is 10.3. The van der Waals surface area contributed by atoms with E-state index in [0.717, 1.165) is 30.8 Å². The molecule has 4 heteroatoms. The van der Waals surface area contributed by atoms with Gasteiger partial charge in [-0.15, -0.1) is 0 Å². The minimum Gasteiger partial charge on any atom is -0.381 e. The maximum atomic E-state index is 5.61. The summed E-state index contributed by atoms with van der Waals surface area (Å²) >= 11 is 0. The molecular formula is C22H31N3O. The molecule has 0 saturated heterocycles. The summed E-state index contributed by atoms with van der Waals surface area (Å²) < 4.78 is 7.90.